The summed E-state index contributed by atoms with van der Waals surface area (Å²) in [7, 11) is 0. The summed E-state index contributed by atoms with van der Waals surface area (Å²) in [5, 5.41) is 1.84. The number of ether oxygens (including phenoxy) is 1. The number of hydrogen-bond acceptors (Lipinski definition) is 4. The molecule has 2 N–H and O–H groups in total. The lowest BCUT2D eigenvalue weighted by Gasteiger charge is -2.33. The molecule has 2 amide bonds. The molecule has 0 spiro atoms. The van der Waals surface area contributed by atoms with Gasteiger partial charge in [0.15, 0.2) is 6.10 Å². The van der Waals surface area contributed by atoms with E-state index in [-0.39, 0.29) is 12.5 Å². The molecule has 6 heteroatoms. The molecule has 3 rings (SSSR count). The quantitative estimate of drug-likeness (QED) is 0.913. The van der Waals surface area contributed by atoms with Crippen molar-refractivity contribution in [2.24, 2.45) is 5.73 Å². The minimum atomic E-state index is -0.825. The van der Waals surface area contributed by atoms with E-state index in [9.17, 15) is 9.59 Å². The Morgan fingerprint density at radius 1 is 1.25 bits per heavy atom. The molecule has 5 nitrogen and oxygen atoms in total. The summed E-state index contributed by atoms with van der Waals surface area (Å²) in [6.07, 6.45) is -0.825. The Morgan fingerprint density at radius 3 is 2.75 bits per heavy atom. The average molecular weight is 288 g/mol. The molecule has 1 atom stereocenters. The van der Waals surface area contributed by atoms with E-state index >= 15 is 0 Å². The number of primary amides is 1. The smallest absolute Gasteiger partial charge is 0.268 e. The van der Waals surface area contributed by atoms with Gasteiger partial charge in [0.2, 0.25) is 0 Å². The highest BCUT2D eigenvalue weighted by Gasteiger charge is 2.33. The molecule has 20 heavy (non-hydrogen) atoms. The molecule has 1 aliphatic heterocycles. The molecule has 1 aromatic heterocycles. The summed E-state index contributed by atoms with van der Waals surface area (Å²) in [6, 6.07) is 10.7. The van der Waals surface area contributed by atoms with E-state index in [1.165, 1.54) is 11.3 Å². The molecule has 102 valence electrons. The van der Waals surface area contributed by atoms with E-state index in [1.54, 1.807) is 29.2 Å². The predicted molar refractivity (Wildman–Crippen MR) is 76.0 cm³/mol. The van der Waals surface area contributed by atoms with Crippen molar-refractivity contribution in [1.29, 1.82) is 0 Å². The number of thiophene rings is 1. The second kappa shape index (κ2) is 4.97. The zero-order valence-corrected chi connectivity index (χ0v) is 11.3. The second-order valence-electron chi connectivity index (χ2n) is 4.37. The summed E-state index contributed by atoms with van der Waals surface area (Å²) in [6.45, 7) is 0.128. The number of nitrogens with zero attached hydrogens (tertiary/aromatic N) is 1. The highest BCUT2D eigenvalue weighted by atomic mass is 32.1. The highest BCUT2D eigenvalue weighted by molar-refractivity contribution is 7.12. The Balaban J connectivity index is 2.01. The van der Waals surface area contributed by atoms with Crippen molar-refractivity contribution in [3.8, 4) is 5.75 Å². The molecular formula is C14H12N2O3S. The number of benzene rings is 1. The van der Waals surface area contributed by atoms with Crippen LogP contribution < -0.4 is 15.4 Å². The van der Waals surface area contributed by atoms with Crippen molar-refractivity contribution in [2.75, 3.05) is 11.4 Å². The Hall–Kier alpha value is -2.34. The molecule has 1 aliphatic rings. The molecule has 2 aromatic rings. The number of fused-ring (bicyclic) bond motifs is 1. The van der Waals surface area contributed by atoms with E-state index in [4.69, 9.17) is 10.5 Å². The van der Waals surface area contributed by atoms with E-state index in [2.05, 4.69) is 0 Å². The van der Waals surface area contributed by atoms with Gasteiger partial charge in [-0.15, -0.1) is 11.3 Å². The summed E-state index contributed by atoms with van der Waals surface area (Å²) >= 11 is 1.36. The van der Waals surface area contributed by atoms with Crippen molar-refractivity contribution in [2.45, 2.75) is 6.10 Å². The first-order valence-corrected chi connectivity index (χ1v) is 6.95. The van der Waals surface area contributed by atoms with Crippen molar-refractivity contribution >= 4 is 28.8 Å². The Labute approximate surface area is 119 Å². The zero-order chi connectivity index (χ0) is 14.1. The molecule has 0 aliphatic carbocycles. The first kappa shape index (κ1) is 12.7. The van der Waals surface area contributed by atoms with Gasteiger partial charge in [0.05, 0.1) is 17.1 Å². The Bertz CT molecular complexity index is 654. The van der Waals surface area contributed by atoms with Crippen LogP contribution in [0.4, 0.5) is 5.69 Å². The lowest BCUT2D eigenvalue weighted by atomic mass is 10.1. The first-order chi connectivity index (χ1) is 9.66. The summed E-state index contributed by atoms with van der Waals surface area (Å²) < 4.78 is 5.53. The van der Waals surface area contributed by atoms with Gasteiger partial charge in [-0.1, -0.05) is 18.2 Å². The number of hydrogen-bond donors (Lipinski definition) is 1. The number of nitrogens with two attached hydrogens (primary N) is 1. The van der Waals surface area contributed by atoms with Gasteiger partial charge >= 0.3 is 0 Å². The van der Waals surface area contributed by atoms with Crippen molar-refractivity contribution in [1.82, 2.24) is 0 Å². The number of anilines is 1. The third-order valence-electron chi connectivity index (χ3n) is 3.07. The van der Waals surface area contributed by atoms with Gasteiger partial charge in [-0.25, -0.2) is 0 Å². The number of carbonyl (C=O) groups is 2. The largest absolute Gasteiger partial charge is 0.477 e. The first-order valence-electron chi connectivity index (χ1n) is 6.07. The van der Waals surface area contributed by atoms with Crippen LogP contribution in [0.1, 0.15) is 9.67 Å². The van der Waals surface area contributed by atoms with Gasteiger partial charge in [-0.05, 0) is 23.6 Å². The van der Waals surface area contributed by atoms with Crippen LogP contribution in [-0.4, -0.2) is 24.5 Å². The van der Waals surface area contributed by atoms with Gasteiger partial charge in [0.25, 0.3) is 11.8 Å². The zero-order valence-electron chi connectivity index (χ0n) is 10.5. The van der Waals surface area contributed by atoms with Crippen LogP contribution in [0.15, 0.2) is 41.8 Å². The van der Waals surface area contributed by atoms with Gasteiger partial charge in [0, 0.05) is 0 Å². The molecule has 0 saturated heterocycles. The highest BCUT2D eigenvalue weighted by Crippen LogP contribution is 2.34. The molecule has 0 saturated carbocycles. The van der Waals surface area contributed by atoms with Crippen LogP contribution in [0.5, 0.6) is 5.75 Å². The summed E-state index contributed by atoms with van der Waals surface area (Å²) in [4.78, 5) is 26.1. The monoisotopic (exact) mass is 288 g/mol. The van der Waals surface area contributed by atoms with Crippen LogP contribution in [0.25, 0.3) is 0 Å². The molecule has 1 unspecified atom stereocenters. The topological polar surface area (TPSA) is 72.6 Å². The maximum Gasteiger partial charge on any atom is 0.268 e. The predicted octanol–water partition coefficient (Wildman–Crippen LogP) is 1.64. The fourth-order valence-electron chi connectivity index (χ4n) is 2.11. The number of rotatable bonds is 2. The van der Waals surface area contributed by atoms with Crippen LogP contribution in [0, 0.1) is 0 Å². The number of amides is 2. The minimum Gasteiger partial charge on any atom is -0.477 e. The van der Waals surface area contributed by atoms with Crippen molar-refractivity contribution in [3.63, 3.8) is 0 Å². The van der Waals surface area contributed by atoms with Gasteiger partial charge in [0.1, 0.15) is 5.75 Å². The third-order valence-corrected chi connectivity index (χ3v) is 3.93. The van der Waals surface area contributed by atoms with E-state index in [0.717, 1.165) is 0 Å². The Morgan fingerprint density at radius 2 is 2.05 bits per heavy atom. The lowest BCUT2D eigenvalue weighted by molar-refractivity contribution is -0.124. The summed E-state index contributed by atoms with van der Waals surface area (Å²) in [5.74, 6) is -0.238. The number of carbonyl (C=O) groups excluding carboxylic acids is 2. The van der Waals surface area contributed by atoms with E-state index in [1.807, 2.05) is 17.5 Å². The van der Waals surface area contributed by atoms with Crippen LogP contribution in [-0.2, 0) is 4.79 Å². The lowest BCUT2D eigenvalue weighted by Crippen LogP contribution is -2.49. The normalized spacial score (nSPS) is 17.2. The fourth-order valence-corrected chi connectivity index (χ4v) is 2.78. The van der Waals surface area contributed by atoms with Crippen LogP contribution in [0.3, 0.4) is 0 Å². The standard InChI is InChI=1S/C14H12N2O3S/c15-13(17)11-8-16(14(18)12-6-3-7-20-12)9-4-1-2-5-10(9)19-11/h1-7,11H,8H2,(H2,15,17). The molecular weight excluding hydrogens is 276 g/mol. The van der Waals surface area contributed by atoms with Crippen LogP contribution in [0.2, 0.25) is 0 Å². The maximum absolute atomic E-state index is 12.5. The molecule has 0 fully saturated rings. The number of para-hydroxylation sites is 2. The second-order valence-corrected chi connectivity index (χ2v) is 5.32. The Kier molecular flexibility index (Phi) is 3.15. The van der Waals surface area contributed by atoms with E-state index in [0.29, 0.717) is 16.3 Å². The molecule has 1 aromatic carbocycles. The van der Waals surface area contributed by atoms with Gasteiger partial charge in [-0.3, -0.25) is 14.5 Å². The fraction of sp³-hybridized carbons (Fsp3) is 0.143. The molecule has 2 heterocycles. The maximum atomic E-state index is 12.5. The summed E-state index contributed by atoms with van der Waals surface area (Å²) in [5.41, 5.74) is 5.96. The van der Waals surface area contributed by atoms with Crippen molar-refractivity contribution in [3.05, 3.63) is 46.7 Å². The average Bonchev–Trinajstić information content (AvgIpc) is 2.99. The SMILES string of the molecule is NC(=O)C1CN(C(=O)c2cccs2)c2ccccc2O1. The van der Waals surface area contributed by atoms with Crippen molar-refractivity contribution < 1.29 is 14.3 Å². The third kappa shape index (κ3) is 2.14. The van der Waals surface area contributed by atoms with Crippen LogP contribution >= 0.6 is 11.3 Å². The van der Waals surface area contributed by atoms with Gasteiger partial charge < -0.3 is 10.5 Å². The molecule has 0 bridgehead atoms. The minimum absolute atomic E-state index is 0.128. The van der Waals surface area contributed by atoms with Gasteiger partial charge in [-0.2, -0.15) is 0 Å². The van der Waals surface area contributed by atoms with E-state index < -0.39 is 12.0 Å². The molecule has 0 radical (unpaired) electrons.